The number of carboxylic acid groups (broad SMARTS) is 1. The third-order valence-corrected chi connectivity index (χ3v) is 8.16. The van der Waals surface area contributed by atoms with Crippen molar-refractivity contribution in [1.29, 1.82) is 0 Å². The summed E-state index contributed by atoms with van der Waals surface area (Å²) >= 11 is 0. The average Bonchev–Trinajstić information content (AvgIpc) is 3.14. The number of rotatable bonds is 9. The standard InChI is InChI=1S/C28H32O6/c1-32-23-12-10-21(19-7-9-20-18(16-19)8-11-22(20)29)25(26(23)33-2)34-24(15-17-5-3-6-17)28(27(30)31)13-4-14-28/h7,9-10,12,16-17,24H,3-6,8,11,13-15H2,1-2H3,(H,30,31). The Labute approximate surface area is 200 Å². The number of hydrogen-bond donors (Lipinski definition) is 1. The summed E-state index contributed by atoms with van der Waals surface area (Å²) in [6, 6.07) is 9.65. The molecule has 6 nitrogen and oxygen atoms in total. The molecule has 1 atom stereocenters. The number of aryl methyl sites for hydroxylation is 1. The summed E-state index contributed by atoms with van der Waals surface area (Å²) in [7, 11) is 3.16. The lowest BCUT2D eigenvalue weighted by Gasteiger charge is -2.46. The van der Waals surface area contributed by atoms with Gasteiger partial charge in [0.05, 0.1) is 14.2 Å². The van der Waals surface area contributed by atoms with E-state index in [1.54, 1.807) is 14.2 Å². The molecule has 0 spiro atoms. The minimum absolute atomic E-state index is 0.180. The predicted molar refractivity (Wildman–Crippen MR) is 128 cm³/mol. The Morgan fingerprint density at radius 1 is 1.03 bits per heavy atom. The zero-order valence-electron chi connectivity index (χ0n) is 19.9. The number of hydrogen-bond acceptors (Lipinski definition) is 5. The average molecular weight is 465 g/mol. The van der Waals surface area contributed by atoms with Gasteiger partial charge in [0.15, 0.2) is 17.3 Å². The number of ketones is 1. The molecule has 0 saturated heterocycles. The highest BCUT2D eigenvalue weighted by Crippen LogP contribution is 2.52. The fraction of sp³-hybridized carbons (Fsp3) is 0.500. The largest absolute Gasteiger partial charge is 0.493 e. The summed E-state index contributed by atoms with van der Waals surface area (Å²) in [6.07, 6.45) is 7.15. The first kappa shape index (κ1) is 22.8. The first-order valence-electron chi connectivity index (χ1n) is 12.3. The van der Waals surface area contributed by atoms with E-state index < -0.39 is 17.5 Å². The number of fused-ring (bicyclic) bond motifs is 1. The van der Waals surface area contributed by atoms with E-state index in [0.29, 0.717) is 42.4 Å². The van der Waals surface area contributed by atoms with E-state index in [9.17, 15) is 14.7 Å². The Morgan fingerprint density at radius 3 is 2.38 bits per heavy atom. The number of Topliss-reactive ketones (excluding diaryl/α,β-unsaturated/α-hetero) is 1. The molecular formula is C28H32O6. The lowest BCUT2D eigenvalue weighted by Crippen LogP contribution is -2.51. The zero-order valence-corrected chi connectivity index (χ0v) is 19.9. The van der Waals surface area contributed by atoms with Crippen LogP contribution in [0.2, 0.25) is 0 Å². The Bertz CT molecular complexity index is 1110. The molecule has 3 aliphatic carbocycles. The van der Waals surface area contributed by atoms with Gasteiger partial charge in [-0.1, -0.05) is 43.9 Å². The summed E-state index contributed by atoms with van der Waals surface area (Å²) in [5.41, 5.74) is 2.69. The summed E-state index contributed by atoms with van der Waals surface area (Å²) in [6.45, 7) is 0. The highest BCUT2D eigenvalue weighted by atomic mass is 16.5. The predicted octanol–water partition coefficient (Wildman–Crippen LogP) is 5.69. The van der Waals surface area contributed by atoms with Crippen molar-refractivity contribution >= 4 is 11.8 Å². The molecule has 2 aromatic rings. The van der Waals surface area contributed by atoms with Crippen LogP contribution >= 0.6 is 0 Å². The van der Waals surface area contributed by atoms with E-state index in [-0.39, 0.29) is 5.78 Å². The number of benzene rings is 2. The van der Waals surface area contributed by atoms with Crippen molar-refractivity contribution in [2.75, 3.05) is 14.2 Å². The van der Waals surface area contributed by atoms with Crippen LogP contribution in [-0.4, -0.2) is 37.2 Å². The molecule has 0 aromatic heterocycles. The maximum atomic E-state index is 12.4. The Balaban J connectivity index is 1.60. The van der Waals surface area contributed by atoms with Gasteiger partial charge in [0.2, 0.25) is 5.75 Å². The Morgan fingerprint density at radius 2 is 1.79 bits per heavy atom. The molecular weight excluding hydrogens is 432 g/mol. The number of carbonyl (C=O) groups excluding carboxylic acids is 1. The van der Waals surface area contributed by atoms with Gasteiger partial charge in [-0.15, -0.1) is 0 Å². The van der Waals surface area contributed by atoms with E-state index in [2.05, 4.69) is 0 Å². The van der Waals surface area contributed by atoms with Gasteiger partial charge >= 0.3 is 5.97 Å². The molecule has 0 amide bonds. The second-order valence-electron chi connectivity index (χ2n) is 9.93. The van der Waals surface area contributed by atoms with E-state index in [1.807, 2.05) is 30.3 Å². The lowest BCUT2D eigenvalue weighted by atomic mass is 9.62. The monoisotopic (exact) mass is 464 g/mol. The molecule has 2 saturated carbocycles. The van der Waals surface area contributed by atoms with Crippen LogP contribution in [0.5, 0.6) is 17.2 Å². The normalized spacial score (nSPS) is 19.5. The molecule has 2 fully saturated rings. The van der Waals surface area contributed by atoms with Gasteiger partial charge in [-0.05, 0) is 54.9 Å². The zero-order chi connectivity index (χ0) is 23.9. The number of methoxy groups -OCH3 is 2. The van der Waals surface area contributed by atoms with Crippen LogP contribution in [0, 0.1) is 11.3 Å². The minimum atomic E-state index is -0.870. The van der Waals surface area contributed by atoms with Crippen molar-refractivity contribution < 1.29 is 28.9 Å². The molecule has 0 heterocycles. The Hall–Kier alpha value is -3.02. The number of carboxylic acids is 1. The van der Waals surface area contributed by atoms with Crippen LogP contribution in [0.4, 0.5) is 0 Å². The number of aliphatic carboxylic acids is 1. The van der Waals surface area contributed by atoms with Crippen molar-refractivity contribution in [1.82, 2.24) is 0 Å². The van der Waals surface area contributed by atoms with E-state index in [4.69, 9.17) is 14.2 Å². The highest BCUT2D eigenvalue weighted by molar-refractivity contribution is 6.01. The summed E-state index contributed by atoms with van der Waals surface area (Å²) in [4.78, 5) is 24.6. The van der Waals surface area contributed by atoms with E-state index in [0.717, 1.165) is 54.4 Å². The van der Waals surface area contributed by atoms with E-state index in [1.165, 1.54) is 6.42 Å². The first-order valence-corrected chi connectivity index (χ1v) is 12.3. The smallest absolute Gasteiger partial charge is 0.313 e. The van der Waals surface area contributed by atoms with Crippen molar-refractivity contribution in [3.05, 3.63) is 41.5 Å². The molecule has 34 heavy (non-hydrogen) atoms. The molecule has 0 radical (unpaired) electrons. The van der Waals surface area contributed by atoms with Crippen LogP contribution in [0.1, 0.15) is 67.3 Å². The van der Waals surface area contributed by atoms with Gasteiger partial charge in [0, 0.05) is 17.5 Å². The molecule has 6 heteroatoms. The highest BCUT2D eigenvalue weighted by Gasteiger charge is 2.53. The van der Waals surface area contributed by atoms with Crippen LogP contribution in [0.3, 0.4) is 0 Å². The van der Waals surface area contributed by atoms with Gasteiger partial charge in [-0.3, -0.25) is 9.59 Å². The molecule has 5 rings (SSSR count). The minimum Gasteiger partial charge on any atom is -0.493 e. The number of ether oxygens (including phenoxy) is 3. The topological polar surface area (TPSA) is 82.1 Å². The number of carbonyl (C=O) groups is 2. The van der Waals surface area contributed by atoms with Gasteiger partial charge in [-0.25, -0.2) is 0 Å². The van der Waals surface area contributed by atoms with Crippen molar-refractivity contribution in [2.45, 2.75) is 63.9 Å². The molecule has 180 valence electrons. The second-order valence-corrected chi connectivity index (χ2v) is 9.93. The van der Waals surface area contributed by atoms with Crippen molar-refractivity contribution in [2.24, 2.45) is 11.3 Å². The lowest BCUT2D eigenvalue weighted by molar-refractivity contribution is -0.165. The summed E-state index contributed by atoms with van der Waals surface area (Å²) < 4.78 is 18.0. The van der Waals surface area contributed by atoms with Gasteiger partial charge < -0.3 is 19.3 Å². The molecule has 1 unspecified atom stereocenters. The molecule has 0 bridgehead atoms. The molecule has 3 aliphatic rings. The van der Waals surface area contributed by atoms with Gasteiger partial charge in [0.1, 0.15) is 11.5 Å². The molecule has 2 aromatic carbocycles. The SMILES string of the molecule is COc1ccc(-c2ccc3c(c2)CCC3=O)c(OC(CC2CCC2)C2(C(=O)O)CCC2)c1OC. The fourth-order valence-electron chi connectivity index (χ4n) is 5.66. The fourth-order valence-corrected chi connectivity index (χ4v) is 5.66. The van der Waals surface area contributed by atoms with Crippen LogP contribution in [-0.2, 0) is 11.2 Å². The summed E-state index contributed by atoms with van der Waals surface area (Å²) in [5, 5.41) is 10.2. The van der Waals surface area contributed by atoms with E-state index >= 15 is 0 Å². The third kappa shape index (κ3) is 3.73. The molecule has 0 aliphatic heterocycles. The Kier molecular flexibility index (Phi) is 6.00. The maximum absolute atomic E-state index is 12.4. The van der Waals surface area contributed by atoms with Crippen LogP contribution in [0.15, 0.2) is 30.3 Å². The third-order valence-electron chi connectivity index (χ3n) is 8.16. The van der Waals surface area contributed by atoms with Crippen LogP contribution < -0.4 is 14.2 Å². The van der Waals surface area contributed by atoms with Crippen LogP contribution in [0.25, 0.3) is 11.1 Å². The first-order chi connectivity index (χ1) is 16.5. The quantitative estimate of drug-likeness (QED) is 0.513. The second kappa shape index (κ2) is 8.97. The maximum Gasteiger partial charge on any atom is 0.313 e. The van der Waals surface area contributed by atoms with Crippen molar-refractivity contribution in [3.63, 3.8) is 0 Å². The summed E-state index contributed by atoms with van der Waals surface area (Å²) in [5.74, 6) is 1.42. The van der Waals surface area contributed by atoms with Gasteiger partial charge in [-0.2, -0.15) is 0 Å². The van der Waals surface area contributed by atoms with Crippen molar-refractivity contribution in [3.8, 4) is 28.4 Å². The van der Waals surface area contributed by atoms with Gasteiger partial charge in [0.25, 0.3) is 0 Å². The molecule has 1 N–H and O–H groups in total.